The molecular formula is C98H78F2N2O2. The summed E-state index contributed by atoms with van der Waals surface area (Å²) in [6, 6.07) is 113. The summed E-state index contributed by atoms with van der Waals surface area (Å²) in [4.78, 5) is 4.30. The lowest BCUT2D eigenvalue weighted by Crippen LogP contribution is -2.29. The van der Waals surface area contributed by atoms with Crippen molar-refractivity contribution in [1.82, 2.24) is 0 Å². The first-order chi connectivity index (χ1) is 50.5. The molecule has 4 nitrogen and oxygen atoms in total. The molecule has 104 heavy (non-hydrogen) atoms. The average molecular weight is 1350 g/mol. The first kappa shape index (κ1) is 66.2. The first-order valence-electron chi connectivity index (χ1n) is 35.5. The molecule has 2 aliphatic carbocycles. The predicted octanol–water partition coefficient (Wildman–Crippen LogP) is 26.8. The smallest absolute Gasteiger partial charge is 0.127 e. The van der Waals surface area contributed by atoms with Crippen LogP contribution in [0.2, 0.25) is 0 Å². The van der Waals surface area contributed by atoms with Crippen molar-refractivity contribution in [2.45, 2.75) is 63.2 Å². The first-order valence-corrected chi connectivity index (χ1v) is 35.5. The number of ether oxygens (including phenoxy) is 2. The lowest BCUT2D eigenvalue weighted by atomic mass is 9.67. The molecule has 0 fully saturated rings. The van der Waals surface area contributed by atoms with Gasteiger partial charge in [-0.2, -0.15) is 0 Å². The molecule has 14 aromatic rings. The molecule has 506 valence electrons. The molecule has 2 atom stereocenters. The van der Waals surface area contributed by atoms with Gasteiger partial charge >= 0.3 is 0 Å². The van der Waals surface area contributed by atoms with E-state index >= 15 is 8.78 Å². The van der Waals surface area contributed by atoms with Gasteiger partial charge in [0.25, 0.3) is 0 Å². The Hall–Kier alpha value is -12.4. The van der Waals surface area contributed by atoms with Gasteiger partial charge in [-0.05, 0) is 244 Å². The Balaban J connectivity index is 0.775. The van der Waals surface area contributed by atoms with E-state index < -0.39 is 10.8 Å². The van der Waals surface area contributed by atoms with E-state index in [4.69, 9.17) is 9.47 Å². The normalized spacial score (nSPS) is 14.9. The summed E-state index contributed by atoms with van der Waals surface area (Å²) >= 11 is 0. The van der Waals surface area contributed by atoms with Crippen molar-refractivity contribution < 1.29 is 18.3 Å². The molecule has 16 rings (SSSR count). The molecular weight excluding hydrogens is 1280 g/mol. The minimum Gasteiger partial charge on any atom is -0.457 e. The molecule has 0 N–H and O–H groups in total. The van der Waals surface area contributed by atoms with Gasteiger partial charge in [0, 0.05) is 34.1 Å². The lowest BCUT2D eigenvalue weighted by molar-refractivity contribution is 0.482. The highest BCUT2D eigenvalue weighted by Gasteiger charge is 2.48. The maximum Gasteiger partial charge on any atom is 0.127 e. The minimum atomic E-state index is -0.768. The molecule has 0 radical (unpaired) electrons. The Kier molecular flexibility index (Phi) is 16.9. The van der Waals surface area contributed by atoms with Crippen LogP contribution in [-0.2, 0) is 21.7 Å². The number of fused-ring (bicyclic) bond motifs is 6. The molecule has 0 saturated carbocycles. The molecule has 0 heterocycles. The van der Waals surface area contributed by atoms with E-state index in [0.717, 1.165) is 124 Å². The van der Waals surface area contributed by atoms with Gasteiger partial charge in [0.2, 0.25) is 0 Å². The zero-order chi connectivity index (χ0) is 71.5. The van der Waals surface area contributed by atoms with Gasteiger partial charge < -0.3 is 19.3 Å². The van der Waals surface area contributed by atoms with Crippen LogP contribution in [0.1, 0.15) is 108 Å². The van der Waals surface area contributed by atoms with E-state index in [9.17, 15) is 0 Å². The third kappa shape index (κ3) is 11.9. The summed E-state index contributed by atoms with van der Waals surface area (Å²) in [7, 11) is 0. The van der Waals surface area contributed by atoms with Crippen LogP contribution in [0.5, 0.6) is 23.0 Å². The number of hydrogen-bond acceptors (Lipinski definition) is 4. The van der Waals surface area contributed by atoms with E-state index in [1.807, 2.05) is 72.8 Å². The van der Waals surface area contributed by atoms with Crippen LogP contribution in [0.3, 0.4) is 0 Å². The zero-order valence-electron chi connectivity index (χ0n) is 59.2. The van der Waals surface area contributed by atoms with Crippen LogP contribution in [0.15, 0.2) is 341 Å². The molecule has 0 saturated heterocycles. The number of rotatable bonds is 17. The van der Waals surface area contributed by atoms with Gasteiger partial charge in [-0.15, -0.1) is 0 Å². The molecule has 0 amide bonds. The zero-order valence-corrected chi connectivity index (χ0v) is 59.2. The monoisotopic (exact) mass is 1350 g/mol. The van der Waals surface area contributed by atoms with Crippen LogP contribution >= 0.6 is 0 Å². The highest BCUT2D eigenvalue weighted by Crippen LogP contribution is 2.60. The third-order valence-electron chi connectivity index (χ3n) is 20.9. The molecule has 6 heteroatoms. The SMILES string of the molecule is C=Cc1ccc(Oc2ccc(C3(c4ccc(C(C)(C)C)cc4)c4ccccc4-c4ccc(N(c5ccc(-c6ccc(N(c7cccc(F)c7)c7ccc8c(c7)C(c7ccc(Oc9ccc(C=C)cc9)cc7)(c7ccc(C(C)(C)C)cc7)c7ccccc7-8)cc6)cc5)c5cccc(F)c5)cc43)cc2)cc1. The van der Waals surface area contributed by atoms with E-state index in [1.54, 1.807) is 24.3 Å². The van der Waals surface area contributed by atoms with Crippen LogP contribution in [0.25, 0.3) is 45.5 Å². The highest BCUT2D eigenvalue weighted by atomic mass is 19.1. The van der Waals surface area contributed by atoms with Crippen LogP contribution < -0.4 is 19.3 Å². The molecule has 2 unspecified atom stereocenters. The lowest BCUT2D eigenvalue weighted by Gasteiger charge is -2.35. The molecule has 0 aliphatic heterocycles. The number of benzene rings is 14. The van der Waals surface area contributed by atoms with Gasteiger partial charge in [-0.1, -0.05) is 261 Å². The second-order valence-electron chi connectivity index (χ2n) is 29.2. The number of hydrogen-bond donors (Lipinski definition) is 0. The predicted molar refractivity (Wildman–Crippen MR) is 426 cm³/mol. The molecule has 14 aromatic carbocycles. The summed E-state index contributed by atoms with van der Waals surface area (Å²) in [5, 5.41) is 0. The quantitative estimate of drug-likeness (QED) is 0.0907. The minimum absolute atomic E-state index is 0.0647. The summed E-state index contributed by atoms with van der Waals surface area (Å²) in [5.41, 5.74) is 23.2. The molecule has 2 aliphatic rings. The van der Waals surface area contributed by atoms with Crippen molar-refractivity contribution in [3.8, 4) is 56.4 Å². The van der Waals surface area contributed by atoms with Crippen molar-refractivity contribution in [3.05, 3.63) is 419 Å². The van der Waals surface area contributed by atoms with Crippen molar-refractivity contribution >= 4 is 46.3 Å². The van der Waals surface area contributed by atoms with E-state index in [-0.39, 0.29) is 22.5 Å². The van der Waals surface area contributed by atoms with Gasteiger partial charge in [0.05, 0.1) is 10.8 Å². The highest BCUT2D eigenvalue weighted by molar-refractivity contribution is 5.92. The summed E-state index contributed by atoms with van der Waals surface area (Å²) in [6.07, 6.45) is 3.65. The topological polar surface area (TPSA) is 24.9 Å². The fourth-order valence-electron chi connectivity index (χ4n) is 15.7. The van der Waals surface area contributed by atoms with E-state index in [2.05, 4.69) is 295 Å². The second kappa shape index (κ2) is 26.5. The summed E-state index contributed by atoms with van der Waals surface area (Å²) in [5.74, 6) is 2.25. The van der Waals surface area contributed by atoms with Crippen LogP contribution in [0, 0.1) is 11.6 Å². The van der Waals surface area contributed by atoms with Gasteiger partial charge in [0.15, 0.2) is 0 Å². The van der Waals surface area contributed by atoms with Crippen molar-refractivity contribution in [1.29, 1.82) is 0 Å². The Morgan fingerprint density at radius 3 is 0.913 bits per heavy atom. The Morgan fingerprint density at radius 2 is 0.587 bits per heavy atom. The number of halogens is 2. The summed E-state index contributed by atoms with van der Waals surface area (Å²) in [6.45, 7) is 21.3. The largest absolute Gasteiger partial charge is 0.457 e. The van der Waals surface area contributed by atoms with Crippen LogP contribution in [0.4, 0.5) is 42.9 Å². The van der Waals surface area contributed by atoms with Gasteiger partial charge in [-0.3, -0.25) is 0 Å². The molecule has 0 spiro atoms. The maximum atomic E-state index is 15.8. The Morgan fingerprint density at radius 1 is 0.288 bits per heavy atom. The van der Waals surface area contributed by atoms with Crippen LogP contribution in [-0.4, -0.2) is 0 Å². The average Bonchev–Trinajstić information content (AvgIpc) is 1.53. The molecule has 0 bridgehead atoms. The number of anilines is 6. The fourth-order valence-corrected chi connectivity index (χ4v) is 15.7. The van der Waals surface area contributed by atoms with E-state index in [1.165, 1.54) is 34.4 Å². The summed E-state index contributed by atoms with van der Waals surface area (Å²) < 4.78 is 44.5. The van der Waals surface area contributed by atoms with Crippen molar-refractivity contribution in [3.63, 3.8) is 0 Å². The Bertz CT molecular complexity index is 5190. The van der Waals surface area contributed by atoms with Gasteiger partial charge in [0.1, 0.15) is 34.6 Å². The standard InChI is InChI=1S/C98H78F2N2O2/c1-9-65-25-51-83(52-26-65)103-85-55-41-73(42-56-85)97(71-37-33-69(34-38-71)95(3,4)5)91-23-13-11-21-87(91)89-59-49-81(63-93(89)97)101(79-19-15-17-75(99)61-79)77-45-29-67(30-46-77)68-31-47-78(48-32-68)102(80-20-16-18-76(100)62-80)82-50-60-90-88-22-12-14-24-92(88)98(94(90)64-82,72-39-35-70(36-40-72)96(6,7)8)74-43-57-86(58-44-74)104-84-53-27-66(10-2)28-54-84/h9-64H,1-2H2,3-8H3. The fraction of sp³-hybridized carbons (Fsp3) is 0.102. The Labute approximate surface area is 609 Å². The van der Waals surface area contributed by atoms with Gasteiger partial charge in [-0.25, -0.2) is 8.78 Å². The number of nitrogens with zero attached hydrogens (tertiary/aromatic N) is 2. The van der Waals surface area contributed by atoms with Crippen molar-refractivity contribution in [2.24, 2.45) is 0 Å². The maximum absolute atomic E-state index is 15.8. The van der Waals surface area contributed by atoms with Crippen molar-refractivity contribution in [2.75, 3.05) is 9.80 Å². The van der Waals surface area contributed by atoms with E-state index in [0.29, 0.717) is 11.4 Å². The second-order valence-corrected chi connectivity index (χ2v) is 29.2. The third-order valence-corrected chi connectivity index (χ3v) is 20.9. The molecule has 0 aromatic heterocycles.